The highest BCUT2D eigenvalue weighted by molar-refractivity contribution is 5.97. The third kappa shape index (κ3) is 2.27. The van der Waals surface area contributed by atoms with Crippen molar-refractivity contribution in [2.75, 3.05) is 11.4 Å². The Morgan fingerprint density at radius 1 is 1.10 bits per heavy atom. The summed E-state index contributed by atoms with van der Waals surface area (Å²) < 4.78 is 14.2. The van der Waals surface area contributed by atoms with Crippen molar-refractivity contribution in [3.8, 4) is 0 Å². The van der Waals surface area contributed by atoms with Crippen molar-refractivity contribution in [1.29, 1.82) is 0 Å². The van der Waals surface area contributed by atoms with Crippen LogP contribution in [0.1, 0.15) is 22.7 Å². The van der Waals surface area contributed by atoms with Crippen molar-refractivity contribution in [3.63, 3.8) is 0 Å². The molecule has 1 aliphatic rings. The minimum absolute atomic E-state index is 0.0527. The van der Waals surface area contributed by atoms with Gasteiger partial charge in [-0.1, -0.05) is 30.3 Å². The van der Waals surface area contributed by atoms with Crippen LogP contribution in [0.5, 0.6) is 0 Å². The number of halogens is 1. The summed E-state index contributed by atoms with van der Waals surface area (Å²) in [5.41, 5.74) is 10.0. The fourth-order valence-electron chi connectivity index (χ4n) is 3.01. The van der Waals surface area contributed by atoms with E-state index in [-0.39, 0.29) is 11.9 Å². The van der Waals surface area contributed by atoms with Crippen molar-refractivity contribution < 1.29 is 4.39 Å². The molecule has 1 heterocycles. The smallest absolute Gasteiger partial charge is 0.196 e. The van der Waals surface area contributed by atoms with E-state index in [1.165, 1.54) is 22.8 Å². The molecular formula is C17H18FN3. The molecule has 0 amide bonds. The quantitative estimate of drug-likeness (QED) is 0.918. The molecule has 0 spiro atoms. The first-order valence-corrected chi connectivity index (χ1v) is 6.99. The van der Waals surface area contributed by atoms with E-state index in [1.54, 1.807) is 17.0 Å². The van der Waals surface area contributed by atoms with Crippen LogP contribution in [0.25, 0.3) is 0 Å². The Hall–Kier alpha value is -2.36. The molecule has 2 aromatic carbocycles. The number of rotatable bonds is 2. The molecule has 1 unspecified atom stereocenters. The van der Waals surface area contributed by atoms with Gasteiger partial charge in [0.05, 0.1) is 18.3 Å². The van der Waals surface area contributed by atoms with E-state index < -0.39 is 0 Å². The van der Waals surface area contributed by atoms with Crippen LogP contribution in [0.4, 0.5) is 10.1 Å². The highest BCUT2D eigenvalue weighted by Gasteiger charge is 2.32. The second-order valence-corrected chi connectivity index (χ2v) is 5.34. The van der Waals surface area contributed by atoms with Crippen molar-refractivity contribution in [2.24, 2.45) is 10.7 Å². The van der Waals surface area contributed by atoms with Gasteiger partial charge in [-0.15, -0.1) is 0 Å². The van der Waals surface area contributed by atoms with Crippen molar-refractivity contribution in [1.82, 2.24) is 0 Å². The number of nitrogens with zero attached hydrogens (tertiary/aromatic N) is 2. The Labute approximate surface area is 123 Å². The van der Waals surface area contributed by atoms with E-state index in [9.17, 15) is 4.39 Å². The summed E-state index contributed by atoms with van der Waals surface area (Å²) in [4.78, 5) is 6.13. The zero-order valence-corrected chi connectivity index (χ0v) is 12.2. The molecule has 0 saturated carbocycles. The Morgan fingerprint density at radius 3 is 2.43 bits per heavy atom. The first kappa shape index (κ1) is 13.6. The van der Waals surface area contributed by atoms with Gasteiger partial charge < -0.3 is 10.6 Å². The van der Waals surface area contributed by atoms with Crippen LogP contribution in [0, 0.1) is 19.7 Å². The van der Waals surface area contributed by atoms with Gasteiger partial charge in [0.2, 0.25) is 0 Å². The van der Waals surface area contributed by atoms with Crippen LogP contribution in [0.2, 0.25) is 0 Å². The second-order valence-electron chi connectivity index (χ2n) is 5.34. The molecule has 1 atom stereocenters. The lowest BCUT2D eigenvalue weighted by molar-refractivity contribution is 0.619. The number of para-hydroxylation sites is 1. The number of anilines is 1. The van der Waals surface area contributed by atoms with E-state index in [1.807, 2.05) is 12.1 Å². The van der Waals surface area contributed by atoms with Crippen LogP contribution in [0.15, 0.2) is 47.5 Å². The molecule has 2 aromatic rings. The maximum absolute atomic E-state index is 14.2. The standard InChI is InChI=1S/C17H18FN3/c1-11-6-5-7-12(2)16(11)15-10-20-17(19)21(15)14-9-4-3-8-13(14)18/h3-9,15H,10H2,1-2H3,(H2,19,20). The Bertz CT molecular complexity index is 689. The maximum atomic E-state index is 14.2. The van der Waals surface area contributed by atoms with Gasteiger partial charge in [-0.3, -0.25) is 4.99 Å². The van der Waals surface area contributed by atoms with Crippen LogP contribution < -0.4 is 10.6 Å². The van der Waals surface area contributed by atoms with Gasteiger partial charge in [-0.05, 0) is 42.7 Å². The first-order chi connectivity index (χ1) is 10.1. The van der Waals surface area contributed by atoms with Gasteiger partial charge in [0.1, 0.15) is 5.82 Å². The van der Waals surface area contributed by atoms with Gasteiger partial charge in [0, 0.05) is 0 Å². The molecule has 0 saturated heterocycles. The first-order valence-electron chi connectivity index (χ1n) is 6.99. The van der Waals surface area contributed by atoms with Crippen molar-refractivity contribution in [3.05, 3.63) is 65.0 Å². The summed E-state index contributed by atoms with van der Waals surface area (Å²) in [5.74, 6) is 0.0848. The number of nitrogens with two attached hydrogens (primary N) is 1. The van der Waals surface area contributed by atoms with Gasteiger partial charge in [-0.2, -0.15) is 0 Å². The number of hydrogen-bond donors (Lipinski definition) is 1. The lowest BCUT2D eigenvalue weighted by Gasteiger charge is -2.29. The number of guanidine groups is 1. The molecule has 4 heteroatoms. The van der Waals surface area contributed by atoms with E-state index >= 15 is 0 Å². The fourth-order valence-corrected chi connectivity index (χ4v) is 3.01. The minimum Gasteiger partial charge on any atom is -0.369 e. The number of benzene rings is 2. The zero-order valence-electron chi connectivity index (χ0n) is 12.2. The van der Waals surface area contributed by atoms with E-state index in [0.29, 0.717) is 18.2 Å². The average Bonchev–Trinajstić information content (AvgIpc) is 2.81. The second kappa shape index (κ2) is 5.20. The molecule has 0 aromatic heterocycles. The molecule has 2 N–H and O–H groups in total. The topological polar surface area (TPSA) is 41.6 Å². The van der Waals surface area contributed by atoms with Gasteiger partial charge in [-0.25, -0.2) is 4.39 Å². The third-order valence-electron chi connectivity index (χ3n) is 3.97. The summed E-state index contributed by atoms with van der Waals surface area (Å²) in [7, 11) is 0. The molecule has 21 heavy (non-hydrogen) atoms. The normalized spacial score (nSPS) is 18.0. The summed E-state index contributed by atoms with van der Waals surface area (Å²) in [6, 6.07) is 12.8. The van der Waals surface area contributed by atoms with Crippen LogP contribution in [-0.4, -0.2) is 12.5 Å². The fraction of sp³-hybridized carbons (Fsp3) is 0.235. The summed E-state index contributed by atoms with van der Waals surface area (Å²) in [6.07, 6.45) is 0. The molecular weight excluding hydrogens is 265 g/mol. The van der Waals surface area contributed by atoms with Crippen molar-refractivity contribution >= 4 is 11.6 Å². The lowest BCUT2D eigenvalue weighted by Crippen LogP contribution is -2.37. The van der Waals surface area contributed by atoms with Crippen LogP contribution in [-0.2, 0) is 0 Å². The van der Waals surface area contributed by atoms with E-state index in [0.717, 1.165) is 0 Å². The van der Waals surface area contributed by atoms with Crippen LogP contribution in [0.3, 0.4) is 0 Å². The molecule has 0 fully saturated rings. The summed E-state index contributed by atoms with van der Waals surface area (Å²) in [6.45, 7) is 4.68. The average molecular weight is 283 g/mol. The predicted molar refractivity (Wildman–Crippen MR) is 84.0 cm³/mol. The molecule has 108 valence electrons. The minimum atomic E-state index is -0.284. The molecule has 3 nitrogen and oxygen atoms in total. The Balaban J connectivity index is 2.10. The monoisotopic (exact) mass is 283 g/mol. The van der Waals surface area contributed by atoms with Crippen molar-refractivity contribution in [2.45, 2.75) is 19.9 Å². The number of aryl methyl sites for hydroxylation is 2. The number of aliphatic imine (C=N–C) groups is 1. The van der Waals surface area contributed by atoms with Gasteiger partial charge >= 0.3 is 0 Å². The zero-order chi connectivity index (χ0) is 15.0. The maximum Gasteiger partial charge on any atom is 0.196 e. The van der Waals surface area contributed by atoms with Crippen LogP contribution >= 0.6 is 0 Å². The molecule has 0 bridgehead atoms. The molecule has 3 rings (SSSR count). The van der Waals surface area contributed by atoms with Gasteiger partial charge in [0.25, 0.3) is 0 Å². The van der Waals surface area contributed by atoms with E-state index in [4.69, 9.17) is 5.73 Å². The molecule has 1 aliphatic heterocycles. The Kier molecular flexibility index (Phi) is 3.37. The Morgan fingerprint density at radius 2 is 1.76 bits per heavy atom. The largest absolute Gasteiger partial charge is 0.369 e. The summed E-state index contributed by atoms with van der Waals surface area (Å²) >= 11 is 0. The molecule has 0 radical (unpaired) electrons. The van der Waals surface area contributed by atoms with Gasteiger partial charge in [0.15, 0.2) is 5.96 Å². The highest BCUT2D eigenvalue weighted by atomic mass is 19.1. The summed E-state index contributed by atoms with van der Waals surface area (Å²) in [5, 5.41) is 0. The lowest BCUT2D eigenvalue weighted by atomic mass is 9.95. The highest BCUT2D eigenvalue weighted by Crippen LogP contribution is 2.35. The van der Waals surface area contributed by atoms with E-state index in [2.05, 4.69) is 31.0 Å². The SMILES string of the molecule is Cc1cccc(C)c1C1CN=C(N)N1c1ccccc1F. The predicted octanol–water partition coefficient (Wildman–Crippen LogP) is 3.32. The number of hydrogen-bond acceptors (Lipinski definition) is 3. The molecule has 0 aliphatic carbocycles. The third-order valence-corrected chi connectivity index (χ3v) is 3.97.